The van der Waals surface area contributed by atoms with Crippen LogP contribution in [0, 0.1) is 19.7 Å². The maximum atomic E-state index is 13.0. The van der Waals surface area contributed by atoms with Crippen LogP contribution in [0.5, 0.6) is 5.75 Å². The number of quaternary nitrogens is 1. The fourth-order valence-corrected chi connectivity index (χ4v) is 3.51. The van der Waals surface area contributed by atoms with Gasteiger partial charge >= 0.3 is 0 Å². The lowest BCUT2D eigenvalue weighted by molar-refractivity contribution is -0.892. The van der Waals surface area contributed by atoms with Crippen molar-refractivity contribution in [2.75, 3.05) is 50.8 Å². The summed E-state index contributed by atoms with van der Waals surface area (Å²) in [5.41, 5.74) is 3.35. The van der Waals surface area contributed by atoms with Gasteiger partial charge in [0, 0.05) is 5.69 Å². The Kier molecular flexibility index (Phi) is 6.87. The van der Waals surface area contributed by atoms with Crippen LogP contribution in [0.2, 0.25) is 0 Å². The second kappa shape index (κ2) is 9.55. The molecule has 150 valence electrons. The summed E-state index contributed by atoms with van der Waals surface area (Å²) in [6.45, 7) is 9.03. The van der Waals surface area contributed by atoms with Crippen molar-refractivity contribution >= 4 is 11.6 Å². The summed E-state index contributed by atoms with van der Waals surface area (Å²) in [4.78, 5) is 15.7. The van der Waals surface area contributed by atoms with Gasteiger partial charge in [-0.05, 0) is 49.7 Å². The summed E-state index contributed by atoms with van der Waals surface area (Å²) in [6.07, 6.45) is 0. The second-order valence-electron chi connectivity index (χ2n) is 7.36. The summed E-state index contributed by atoms with van der Waals surface area (Å²) in [5, 5.41) is 2.94. The van der Waals surface area contributed by atoms with Crippen molar-refractivity contribution in [1.82, 2.24) is 5.32 Å². The number of hydrogen-bond donors (Lipinski definition) is 2. The maximum absolute atomic E-state index is 13.0. The molecule has 1 amide bonds. The number of carbonyl (C=O) groups is 1. The van der Waals surface area contributed by atoms with Crippen molar-refractivity contribution < 1.29 is 18.8 Å². The van der Waals surface area contributed by atoms with Crippen LogP contribution in [-0.2, 0) is 4.79 Å². The maximum Gasteiger partial charge on any atom is 0.275 e. The highest BCUT2D eigenvalue weighted by Gasteiger charge is 2.22. The highest BCUT2D eigenvalue weighted by atomic mass is 19.1. The molecule has 1 heterocycles. The number of carbonyl (C=O) groups excluding carboxylic acids is 1. The minimum atomic E-state index is -0.216. The number of amides is 1. The molecule has 2 aromatic rings. The van der Waals surface area contributed by atoms with E-state index < -0.39 is 0 Å². The third-order valence-corrected chi connectivity index (χ3v) is 5.09. The number of halogens is 1. The first-order valence-corrected chi connectivity index (χ1v) is 9.82. The van der Waals surface area contributed by atoms with E-state index in [0.29, 0.717) is 19.7 Å². The van der Waals surface area contributed by atoms with E-state index in [1.807, 2.05) is 31.2 Å². The predicted octanol–water partition coefficient (Wildman–Crippen LogP) is 1.34. The molecule has 0 unspecified atom stereocenters. The van der Waals surface area contributed by atoms with Gasteiger partial charge in [-0.2, -0.15) is 0 Å². The van der Waals surface area contributed by atoms with Crippen LogP contribution in [0.1, 0.15) is 11.1 Å². The molecule has 0 aliphatic carbocycles. The molecule has 0 bridgehead atoms. The molecule has 6 heteroatoms. The summed E-state index contributed by atoms with van der Waals surface area (Å²) in [5.74, 6) is 0.697. The molecule has 2 N–H and O–H groups in total. The lowest BCUT2D eigenvalue weighted by Gasteiger charge is -2.33. The van der Waals surface area contributed by atoms with Gasteiger partial charge in [0.2, 0.25) is 0 Å². The van der Waals surface area contributed by atoms with Gasteiger partial charge in [0.25, 0.3) is 5.91 Å². The van der Waals surface area contributed by atoms with E-state index in [4.69, 9.17) is 4.74 Å². The summed E-state index contributed by atoms with van der Waals surface area (Å²) >= 11 is 0. The molecular weight excluding hydrogens is 357 g/mol. The monoisotopic (exact) mass is 386 g/mol. The molecule has 0 aromatic heterocycles. The van der Waals surface area contributed by atoms with Gasteiger partial charge in [-0.15, -0.1) is 0 Å². The van der Waals surface area contributed by atoms with E-state index in [0.717, 1.165) is 43.2 Å². The van der Waals surface area contributed by atoms with Crippen LogP contribution in [0.15, 0.2) is 42.5 Å². The molecule has 2 aromatic carbocycles. The normalized spacial score (nSPS) is 14.8. The fourth-order valence-electron chi connectivity index (χ4n) is 3.51. The minimum Gasteiger partial charge on any atom is -0.491 e. The third kappa shape index (κ3) is 5.70. The minimum absolute atomic E-state index is 0.0504. The van der Waals surface area contributed by atoms with E-state index in [2.05, 4.69) is 23.2 Å². The number of nitrogens with one attached hydrogen (secondary N) is 2. The molecule has 1 aliphatic heterocycles. The molecule has 1 saturated heterocycles. The van der Waals surface area contributed by atoms with Gasteiger partial charge in [-0.25, -0.2) is 4.39 Å². The van der Waals surface area contributed by atoms with Crippen molar-refractivity contribution in [2.45, 2.75) is 13.8 Å². The van der Waals surface area contributed by atoms with Gasteiger partial charge < -0.3 is 19.9 Å². The standard InChI is InChI=1S/C22H28FN3O2/c1-17-3-8-21(18(2)15-17)28-14-9-24-22(27)16-25-10-12-26(13-11-25)20-6-4-19(23)5-7-20/h3-8,15H,9-14,16H2,1-2H3,(H,24,27)/p+1. The zero-order valence-electron chi connectivity index (χ0n) is 16.6. The molecule has 3 rings (SSSR count). The number of nitrogens with zero attached hydrogens (tertiary/aromatic N) is 1. The van der Waals surface area contributed by atoms with Crippen LogP contribution in [0.4, 0.5) is 10.1 Å². The SMILES string of the molecule is Cc1ccc(OCCNC(=O)C[NH+]2CCN(c3ccc(F)cc3)CC2)c(C)c1. The lowest BCUT2D eigenvalue weighted by Crippen LogP contribution is -3.16. The number of benzene rings is 2. The first kappa shape index (κ1) is 20.1. The van der Waals surface area contributed by atoms with Gasteiger partial charge in [-0.3, -0.25) is 4.79 Å². The fraction of sp³-hybridized carbons (Fsp3) is 0.409. The summed E-state index contributed by atoms with van der Waals surface area (Å²) in [7, 11) is 0. The van der Waals surface area contributed by atoms with Crippen LogP contribution in [0.3, 0.4) is 0 Å². The quantitative estimate of drug-likeness (QED) is 0.706. The summed E-state index contributed by atoms with van der Waals surface area (Å²) in [6, 6.07) is 12.7. The van der Waals surface area contributed by atoms with Gasteiger partial charge in [-0.1, -0.05) is 17.7 Å². The molecular formula is C22H29FN3O2+. The van der Waals surface area contributed by atoms with Crippen LogP contribution in [-0.4, -0.2) is 51.8 Å². The molecule has 1 fully saturated rings. The van der Waals surface area contributed by atoms with Crippen molar-refractivity contribution in [3.05, 3.63) is 59.4 Å². The predicted molar refractivity (Wildman–Crippen MR) is 109 cm³/mol. The molecule has 0 saturated carbocycles. The lowest BCUT2D eigenvalue weighted by atomic mass is 10.1. The number of ether oxygens (including phenoxy) is 1. The van der Waals surface area contributed by atoms with E-state index in [1.165, 1.54) is 22.6 Å². The van der Waals surface area contributed by atoms with E-state index >= 15 is 0 Å². The van der Waals surface area contributed by atoms with Crippen molar-refractivity contribution in [2.24, 2.45) is 0 Å². The number of piperazine rings is 1. The van der Waals surface area contributed by atoms with Crippen molar-refractivity contribution in [3.63, 3.8) is 0 Å². The Bertz CT molecular complexity index is 787. The van der Waals surface area contributed by atoms with Gasteiger partial charge in [0.05, 0.1) is 32.7 Å². The Morgan fingerprint density at radius 1 is 1.14 bits per heavy atom. The molecule has 1 aliphatic rings. The zero-order valence-corrected chi connectivity index (χ0v) is 16.6. The van der Waals surface area contributed by atoms with Crippen molar-refractivity contribution in [1.29, 1.82) is 0 Å². The van der Waals surface area contributed by atoms with Gasteiger partial charge in [0.1, 0.15) is 18.2 Å². The highest BCUT2D eigenvalue weighted by molar-refractivity contribution is 5.76. The average Bonchev–Trinajstić information content (AvgIpc) is 2.68. The van der Waals surface area contributed by atoms with Crippen LogP contribution in [0.25, 0.3) is 0 Å². The number of rotatable bonds is 7. The first-order chi connectivity index (χ1) is 13.5. The zero-order chi connectivity index (χ0) is 19.9. The molecule has 5 nitrogen and oxygen atoms in total. The van der Waals surface area contributed by atoms with Crippen molar-refractivity contribution in [3.8, 4) is 5.75 Å². The number of hydrogen-bond acceptors (Lipinski definition) is 3. The largest absolute Gasteiger partial charge is 0.491 e. The highest BCUT2D eigenvalue weighted by Crippen LogP contribution is 2.18. The Hall–Kier alpha value is -2.60. The Morgan fingerprint density at radius 3 is 2.54 bits per heavy atom. The molecule has 0 spiro atoms. The van der Waals surface area contributed by atoms with Gasteiger partial charge in [0.15, 0.2) is 6.54 Å². The molecule has 0 radical (unpaired) electrons. The van der Waals surface area contributed by atoms with E-state index in [9.17, 15) is 9.18 Å². The average molecular weight is 386 g/mol. The van der Waals surface area contributed by atoms with E-state index in [-0.39, 0.29) is 11.7 Å². The van der Waals surface area contributed by atoms with Crippen LogP contribution >= 0.6 is 0 Å². The molecule has 0 atom stereocenters. The Balaban J connectivity index is 1.34. The topological polar surface area (TPSA) is 46.0 Å². The number of anilines is 1. The second-order valence-corrected chi connectivity index (χ2v) is 7.36. The Labute approximate surface area is 166 Å². The molecule has 28 heavy (non-hydrogen) atoms. The first-order valence-electron chi connectivity index (χ1n) is 9.82. The summed E-state index contributed by atoms with van der Waals surface area (Å²) < 4.78 is 18.8. The van der Waals surface area contributed by atoms with E-state index in [1.54, 1.807) is 0 Å². The Morgan fingerprint density at radius 2 is 1.86 bits per heavy atom. The smallest absolute Gasteiger partial charge is 0.275 e. The number of aryl methyl sites for hydroxylation is 2. The third-order valence-electron chi connectivity index (χ3n) is 5.09. The van der Waals surface area contributed by atoms with Crippen LogP contribution < -0.4 is 19.9 Å².